The van der Waals surface area contributed by atoms with Gasteiger partial charge in [0, 0.05) is 17.8 Å². The van der Waals surface area contributed by atoms with Crippen molar-refractivity contribution in [2.75, 3.05) is 0 Å². The van der Waals surface area contributed by atoms with Gasteiger partial charge in [-0.3, -0.25) is 4.79 Å². The third kappa shape index (κ3) is 1.07. The van der Waals surface area contributed by atoms with E-state index >= 15 is 0 Å². The Morgan fingerprint density at radius 1 is 1.62 bits per heavy atom. The van der Waals surface area contributed by atoms with Gasteiger partial charge in [0.2, 0.25) is 0 Å². The Morgan fingerprint density at radius 2 is 2.38 bits per heavy atom. The lowest BCUT2D eigenvalue weighted by atomic mass is 10.2. The number of hydrogen-bond acceptors (Lipinski definition) is 2. The predicted molar refractivity (Wildman–Crippen MR) is 49.3 cm³/mol. The monoisotopic (exact) mass is 175 g/mol. The lowest BCUT2D eigenvalue weighted by molar-refractivity contribution is 0.0997. The van der Waals surface area contributed by atoms with Crippen molar-refractivity contribution in [1.82, 2.24) is 9.97 Å². The van der Waals surface area contributed by atoms with Crippen LogP contribution in [-0.2, 0) is 0 Å². The molecule has 1 amide bonds. The fraction of sp³-hybridized carbons (Fsp3) is 0.111. The smallest absolute Gasteiger partial charge is 0.269 e. The summed E-state index contributed by atoms with van der Waals surface area (Å²) in [5, 5.41) is 0.990. The van der Waals surface area contributed by atoms with Gasteiger partial charge in [-0.15, -0.1) is 0 Å². The summed E-state index contributed by atoms with van der Waals surface area (Å²) in [5.41, 5.74) is 7.26. The van der Waals surface area contributed by atoms with Gasteiger partial charge in [-0.25, -0.2) is 4.98 Å². The second-order valence-corrected chi connectivity index (χ2v) is 2.92. The van der Waals surface area contributed by atoms with Crippen LogP contribution in [0.5, 0.6) is 0 Å². The van der Waals surface area contributed by atoms with Gasteiger partial charge in [0.15, 0.2) is 5.69 Å². The molecule has 13 heavy (non-hydrogen) atoms. The van der Waals surface area contributed by atoms with Gasteiger partial charge in [-0.05, 0) is 18.6 Å². The van der Waals surface area contributed by atoms with Crippen LogP contribution >= 0.6 is 0 Å². The van der Waals surface area contributed by atoms with Gasteiger partial charge in [0.25, 0.3) is 5.91 Å². The minimum absolute atomic E-state index is 0.297. The highest BCUT2D eigenvalue weighted by atomic mass is 16.1. The van der Waals surface area contributed by atoms with Crippen LogP contribution in [0.15, 0.2) is 18.5 Å². The molecule has 0 aromatic carbocycles. The van der Waals surface area contributed by atoms with E-state index in [0.29, 0.717) is 11.2 Å². The van der Waals surface area contributed by atoms with Crippen LogP contribution in [0.2, 0.25) is 0 Å². The van der Waals surface area contributed by atoms with Crippen LogP contribution in [-0.4, -0.2) is 15.9 Å². The maximum Gasteiger partial charge on any atom is 0.269 e. The van der Waals surface area contributed by atoms with Crippen molar-refractivity contribution in [2.24, 2.45) is 5.73 Å². The molecule has 0 radical (unpaired) electrons. The maximum atomic E-state index is 11.0. The number of fused-ring (bicyclic) bond motifs is 1. The van der Waals surface area contributed by atoms with Gasteiger partial charge < -0.3 is 10.7 Å². The van der Waals surface area contributed by atoms with Crippen molar-refractivity contribution in [3.05, 3.63) is 29.7 Å². The molecule has 4 nitrogen and oxygen atoms in total. The van der Waals surface area contributed by atoms with E-state index in [1.54, 1.807) is 6.20 Å². The van der Waals surface area contributed by atoms with Crippen LogP contribution < -0.4 is 5.73 Å². The molecular weight excluding hydrogens is 166 g/mol. The second-order valence-electron chi connectivity index (χ2n) is 2.92. The number of carbonyl (C=O) groups is 1. The molecule has 2 aromatic heterocycles. The van der Waals surface area contributed by atoms with Crippen LogP contribution in [0.4, 0.5) is 0 Å². The number of rotatable bonds is 1. The molecule has 0 aliphatic rings. The Bertz CT molecular complexity index is 473. The maximum absolute atomic E-state index is 11.0. The van der Waals surface area contributed by atoms with E-state index in [4.69, 9.17) is 5.73 Å². The minimum atomic E-state index is -0.507. The molecule has 2 heterocycles. The Kier molecular flexibility index (Phi) is 1.55. The number of aromatic amines is 1. The zero-order valence-corrected chi connectivity index (χ0v) is 7.16. The van der Waals surface area contributed by atoms with Crippen molar-refractivity contribution in [2.45, 2.75) is 6.92 Å². The summed E-state index contributed by atoms with van der Waals surface area (Å²) in [5.74, 6) is -0.507. The molecule has 0 unspecified atom stereocenters. The first kappa shape index (κ1) is 7.79. The quantitative estimate of drug-likeness (QED) is 0.677. The number of hydrogen-bond donors (Lipinski definition) is 2. The van der Waals surface area contributed by atoms with E-state index in [0.717, 1.165) is 10.9 Å². The standard InChI is InChI=1S/C9H9N3O/c1-5-4-12-7-6(5)2-3-11-8(7)9(10)13/h2-4,12H,1H3,(H2,10,13). The minimum Gasteiger partial charge on any atom is -0.364 e. The highest BCUT2D eigenvalue weighted by Gasteiger charge is 2.09. The fourth-order valence-electron chi connectivity index (χ4n) is 1.38. The summed E-state index contributed by atoms with van der Waals surface area (Å²) in [6.45, 7) is 1.96. The summed E-state index contributed by atoms with van der Waals surface area (Å²) in [7, 11) is 0. The normalized spacial score (nSPS) is 10.5. The first-order valence-corrected chi connectivity index (χ1v) is 3.92. The number of carbonyl (C=O) groups excluding carboxylic acids is 1. The van der Waals surface area contributed by atoms with Gasteiger partial charge in [0.05, 0.1) is 5.52 Å². The topological polar surface area (TPSA) is 71.8 Å². The number of H-pyrrole nitrogens is 1. The molecule has 0 fully saturated rings. The molecule has 0 atom stereocenters. The van der Waals surface area contributed by atoms with Crippen LogP contribution in [0.25, 0.3) is 10.9 Å². The van der Waals surface area contributed by atoms with Gasteiger partial charge in [0.1, 0.15) is 0 Å². The number of nitrogens with one attached hydrogen (secondary N) is 1. The molecule has 0 saturated heterocycles. The molecule has 2 aromatic rings. The summed E-state index contributed by atoms with van der Waals surface area (Å²) >= 11 is 0. The number of nitrogens with two attached hydrogens (primary N) is 1. The average Bonchev–Trinajstić information content (AvgIpc) is 2.48. The summed E-state index contributed by atoms with van der Waals surface area (Å²) < 4.78 is 0. The van der Waals surface area contributed by atoms with Crippen molar-refractivity contribution in [3.63, 3.8) is 0 Å². The average molecular weight is 175 g/mol. The predicted octanol–water partition coefficient (Wildman–Crippen LogP) is 0.970. The molecule has 2 rings (SSSR count). The summed E-state index contributed by atoms with van der Waals surface area (Å²) in [6, 6.07) is 1.85. The molecule has 0 spiro atoms. The zero-order valence-electron chi connectivity index (χ0n) is 7.16. The van der Waals surface area contributed by atoms with E-state index in [1.165, 1.54) is 0 Å². The fourth-order valence-corrected chi connectivity index (χ4v) is 1.38. The number of nitrogens with zero attached hydrogens (tertiary/aromatic N) is 1. The lowest BCUT2D eigenvalue weighted by Crippen LogP contribution is -2.13. The third-order valence-electron chi connectivity index (χ3n) is 2.04. The highest BCUT2D eigenvalue weighted by molar-refractivity contribution is 6.03. The number of aromatic nitrogens is 2. The first-order chi connectivity index (χ1) is 6.20. The number of primary amides is 1. The number of amides is 1. The Hall–Kier alpha value is -1.84. The van der Waals surface area contributed by atoms with Crippen molar-refractivity contribution < 1.29 is 4.79 Å². The number of aryl methyl sites for hydroxylation is 1. The third-order valence-corrected chi connectivity index (χ3v) is 2.04. The molecule has 0 aliphatic carbocycles. The molecule has 0 bridgehead atoms. The van der Waals surface area contributed by atoms with Crippen molar-refractivity contribution in [3.8, 4) is 0 Å². The van der Waals surface area contributed by atoms with E-state index in [-0.39, 0.29) is 0 Å². The second kappa shape index (κ2) is 2.58. The Balaban J connectivity index is 2.84. The zero-order chi connectivity index (χ0) is 9.42. The highest BCUT2D eigenvalue weighted by Crippen LogP contribution is 2.18. The van der Waals surface area contributed by atoms with Gasteiger partial charge in [-0.2, -0.15) is 0 Å². The molecule has 0 saturated carbocycles. The Morgan fingerprint density at radius 3 is 3.08 bits per heavy atom. The SMILES string of the molecule is Cc1c[nH]c2c(C(N)=O)nccc12. The van der Waals surface area contributed by atoms with Crippen molar-refractivity contribution >= 4 is 16.8 Å². The van der Waals surface area contributed by atoms with Crippen LogP contribution in [0, 0.1) is 6.92 Å². The Labute approximate surface area is 74.8 Å². The van der Waals surface area contributed by atoms with Crippen LogP contribution in [0.3, 0.4) is 0 Å². The lowest BCUT2D eigenvalue weighted by Gasteiger charge is -1.96. The van der Waals surface area contributed by atoms with E-state index < -0.39 is 5.91 Å². The molecule has 66 valence electrons. The number of pyridine rings is 1. The summed E-state index contributed by atoms with van der Waals surface area (Å²) in [6.07, 6.45) is 3.42. The largest absolute Gasteiger partial charge is 0.364 e. The van der Waals surface area contributed by atoms with E-state index in [2.05, 4.69) is 9.97 Å². The van der Waals surface area contributed by atoms with E-state index in [9.17, 15) is 4.79 Å². The van der Waals surface area contributed by atoms with Gasteiger partial charge in [-0.1, -0.05) is 0 Å². The van der Waals surface area contributed by atoms with Crippen LogP contribution in [0.1, 0.15) is 16.1 Å². The molecular formula is C9H9N3O. The molecule has 0 aliphatic heterocycles. The first-order valence-electron chi connectivity index (χ1n) is 3.92. The molecule has 3 N–H and O–H groups in total. The van der Waals surface area contributed by atoms with Crippen molar-refractivity contribution in [1.29, 1.82) is 0 Å². The van der Waals surface area contributed by atoms with E-state index in [1.807, 2.05) is 19.2 Å². The van der Waals surface area contributed by atoms with Gasteiger partial charge >= 0.3 is 0 Å². The molecule has 4 heteroatoms. The summed E-state index contributed by atoms with van der Waals surface area (Å²) in [4.78, 5) is 17.9.